The molecule has 3 heteroatoms. The molecule has 0 spiro atoms. The highest BCUT2D eigenvalue weighted by Crippen LogP contribution is 2.28. The van der Waals surface area contributed by atoms with Gasteiger partial charge in [0.2, 0.25) is 0 Å². The summed E-state index contributed by atoms with van der Waals surface area (Å²) in [5.74, 6) is 0. The third kappa shape index (κ3) is 2.89. The van der Waals surface area contributed by atoms with Crippen LogP contribution in [-0.4, -0.2) is 7.05 Å². The highest BCUT2D eigenvalue weighted by atomic mass is 35.5. The van der Waals surface area contributed by atoms with Gasteiger partial charge in [-0.25, -0.2) is 0 Å². The average molecular weight is 266 g/mol. The molecule has 0 radical (unpaired) electrons. The predicted molar refractivity (Wildman–Crippen MR) is 76.0 cm³/mol. The lowest BCUT2D eigenvalue weighted by molar-refractivity contribution is 0.599. The second-order valence-electron chi connectivity index (χ2n) is 4.10. The molecule has 0 fully saturated rings. The highest BCUT2D eigenvalue weighted by molar-refractivity contribution is 7.10. The molecule has 1 unspecified atom stereocenters. The van der Waals surface area contributed by atoms with E-state index in [-0.39, 0.29) is 0 Å². The van der Waals surface area contributed by atoms with Gasteiger partial charge in [0.1, 0.15) is 0 Å². The first kappa shape index (κ1) is 12.6. The fourth-order valence-corrected chi connectivity index (χ4v) is 3.20. The number of thiophene rings is 1. The molecule has 0 saturated heterocycles. The summed E-state index contributed by atoms with van der Waals surface area (Å²) in [6, 6.07) is 10.6. The Labute approximate surface area is 111 Å². The average Bonchev–Trinajstić information content (AvgIpc) is 2.75. The molecule has 2 aromatic rings. The molecule has 0 aliphatic carbocycles. The zero-order chi connectivity index (χ0) is 12.3. The maximum Gasteiger partial charge on any atom is 0.0456 e. The standard InChI is InChI=1S/C14H16ClNS/c1-10-7-8-17-14(10)13(16-2)9-11-5-3-4-6-12(11)15/h3-8,13,16H,9H2,1-2H3. The molecule has 0 saturated carbocycles. The third-order valence-electron chi connectivity index (χ3n) is 2.95. The van der Waals surface area contributed by atoms with Crippen molar-refractivity contribution in [1.29, 1.82) is 0 Å². The van der Waals surface area contributed by atoms with Gasteiger partial charge in [0.05, 0.1) is 0 Å². The van der Waals surface area contributed by atoms with Crippen molar-refractivity contribution >= 4 is 22.9 Å². The number of rotatable bonds is 4. The summed E-state index contributed by atoms with van der Waals surface area (Å²) in [5, 5.41) is 6.36. The van der Waals surface area contributed by atoms with E-state index in [0.717, 1.165) is 11.4 Å². The predicted octanol–water partition coefficient (Wildman–Crippen LogP) is 4.21. The van der Waals surface area contributed by atoms with Gasteiger partial charge in [-0.3, -0.25) is 0 Å². The maximum absolute atomic E-state index is 6.20. The first-order valence-electron chi connectivity index (χ1n) is 5.67. The van der Waals surface area contributed by atoms with Gasteiger partial charge in [0.15, 0.2) is 0 Å². The van der Waals surface area contributed by atoms with E-state index in [1.807, 2.05) is 25.2 Å². The molecule has 90 valence electrons. The SMILES string of the molecule is CNC(Cc1ccccc1Cl)c1sccc1C. The van der Waals surface area contributed by atoms with Crippen LogP contribution in [-0.2, 0) is 6.42 Å². The molecule has 2 rings (SSSR count). The summed E-state index contributed by atoms with van der Waals surface area (Å²) in [6.07, 6.45) is 0.928. The van der Waals surface area contributed by atoms with E-state index >= 15 is 0 Å². The summed E-state index contributed by atoms with van der Waals surface area (Å²) >= 11 is 8.00. The van der Waals surface area contributed by atoms with Gasteiger partial charge in [0, 0.05) is 15.9 Å². The number of hydrogen-bond acceptors (Lipinski definition) is 2. The number of nitrogens with one attached hydrogen (secondary N) is 1. The topological polar surface area (TPSA) is 12.0 Å². The summed E-state index contributed by atoms with van der Waals surface area (Å²) in [6.45, 7) is 2.16. The Kier molecular flexibility index (Phi) is 4.21. The Bertz CT molecular complexity index is 492. The Hall–Kier alpha value is -0.830. The molecule has 1 heterocycles. The van der Waals surface area contributed by atoms with Gasteiger partial charge < -0.3 is 5.32 Å². The Morgan fingerprint density at radius 3 is 2.65 bits per heavy atom. The number of aryl methyl sites for hydroxylation is 1. The molecule has 1 atom stereocenters. The lowest BCUT2D eigenvalue weighted by Gasteiger charge is -2.16. The lowest BCUT2D eigenvalue weighted by Crippen LogP contribution is -2.18. The minimum absolute atomic E-state index is 0.342. The lowest BCUT2D eigenvalue weighted by atomic mass is 10.0. The molecular weight excluding hydrogens is 250 g/mol. The van der Waals surface area contributed by atoms with Crippen molar-refractivity contribution < 1.29 is 0 Å². The molecule has 1 N–H and O–H groups in total. The van der Waals surface area contributed by atoms with Crippen molar-refractivity contribution in [2.75, 3.05) is 7.05 Å². The summed E-state index contributed by atoms with van der Waals surface area (Å²) in [5.41, 5.74) is 2.54. The zero-order valence-corrected chi connectivity index (χ0v) is 11.6. The van der Waals surface area contributed by atoms with Gasteiger partial charge in [-0.15, -0.1) is 11.3 Å². The Balaban J connectivity index is 2.22. The summed E-state index contributed by atoms with van der Waals surface area (Å²) < 4.78 is 0. The van der Waals surface area contributed by atoms with Crippen LogP contribution in [0.1, 0.15) is 22.0 Å². The molecule has 1 aromatic carbocycles. The molecule has 0 aliphatic rings. The van der Waals surface area contributed by atoms with Crippen LogP contribution in [0.3, 0.4) is 0 Å². The van der Waals surface area contributed by atoms with Crippen molar-refractivity contribution in [1.82, 2.24) is 5.32 Å². The van der Waals surface area contributed by atoms with Crippen LogP contribution < -0.4 is 5.32 Å². The van der Waals surface area contributed by atoms with Crippen molar-refractivity contribution in [2.24, 2.45) is 0 Å². The molecule has 1 aromatic heterocycles. The van der Waals surface area contributed by atoms with Gasteiger partial charge in [-0.05, 0) is 49.0 Å². The monoisotopic (exact) mass is 265 g/mol. The van der Waals surface area contributed by atoms with Gasteiger partial charge in [-0.1, -0.05) is 29.8 Å². The van der Waals surface area contributed by atoms with Gasteiger partial charge in [0.25, 0.3) is 0 Å². The molecule has 1 nitrogen and oxygen atoms in total. The van der Waals surface area contributed by atoms with E-state index in [2.05, 4.69) is 29.8 Å². The Morgan fingerprint density at radius 1 is 1.29 bits per heavy atom. The first-order valence-corrected chi connectivity index (χ1v) is 6.92. The van der Waals surface area contributed by atoms with Crippen molar-refractivity contribution in [2.45, 2.75) is 19.4 Å². The molecule has 17 heavy (non-hydrogen) atoms. The summed E-state index contributed by atoms with van der Waals surface area (Å²) in [7, 11) is 2.00. The van der Waals surface area contributed by atoms with E-state index < -0.39 is 0 Å². The maximum atomic E-state index is 6.20. The molecular formula is C14H16ClNS. The van der Waals surface area contributed by atoms with Crippen LogP contribution in [0, 0.1) is 6.92 Å². The molecule has 0 amide bonds. The Morgan fingerprint density at radius 2 is 2.06 bits per heavy atom. The van der Waals surface area contributed by atoms with Crippen LogP contribution in [0.25, 0.3) is 0 Å². The molecule has 0 aliphatic heterocycles. The second kappa shape index (κ2) is 5.67. The van der Waals surface area contributed by atoms with E-state index in [1.165, 1.54) is 16.0 Å². The summed E-state index contributed by atoms with van der Waals surface area (Å²) in [4.78, 5) is 1.40. The van der Waals surface area contributed by atoms with Crippen molar-refractivity contribution in [3.8, 4) is 0 Å². The minimum atomic E-state index is 0.342. The van der Waals surface area contributed by atoms with Crippen LogP contribution in [0.2, 0.25) is 5.02 Å². The largest absolute Gasteiger partial charge is 0.312 e. The van der Waals surface area contributed by atoms with E-state index in [4.69, 9.17) is 11.6 Å². The number of halogens is 1. The van der Waals surface area contributed by atoms with Crippen LogP contribution in [0.5, 0.6) is 0 Å². The first-order chi connectivity index (χ1) is 8.22. The van der Waals surface area contributed by atoms with Gasteiger partial charge >= 0.3 is 0 Å². The van der Waals surface area contributed by atoms with E-state index in [0.29, 0.717) is 6.04 Å². The van der Waals surface area contributed by atoms with Crippen LogP contribution >= 0.6 is 22.9 Å². The van der Waals surface area contributed by atoms with E-state index in [9.17, 15) is 0 Å². The fourth-order valence-electron chi connectivity index (χ4n) is 1.95. The quantitative estimate of drug-likeness (QED) is 0.873. The van der Waals surface area contributed by atoms with E-state index in [1.54, 1.807) is 11.3 Å². The van der Waals surface area contributed by atoms with Crippen molar-refractivity contribution in [3.63, 3.8) is 0 Å². The van der Waals surface area contributed by atoms with Crippen LogP contribution in [0.4, 0.5) is 0 Å². The second-order valence-corrected chi connectivity index (χ2v) is 5.46. The normalized spacial score (nSPS) is 12.6. The van der Waals surface area contributed by atoms with Gasteiger partial charge in [-0.2, -0.15) is 0 Å². The highest BCUT2D eigenvalue weighted by Gasteiger charge is 2.14. The number of hydrogen-bond donors (Lipinski definition) is 1. The molecule has 0 bridgehead atoms. The smallest absolute Gasteiger partial charge is 0.0456 e. The third-order valence-corrected chi connectivity index (χ3v) is 4.45. The zero-order valence-electron chi connectivity index (χ0n) is 10.0. The minimum Gasteiger partial charge on any atom is -0.312 e. The fraction of sp³-hybridized carbons (Fsp3) is 0.286. The van der Waals surface area contributed by atoms with Crippen LogP contribution in [0.15, 0.2) is 35.7 Å². The number of likely N-dealkylation sites (N-methyl/N-ethyl adjacent to an activating group) is 1. The number of benzene rings is 1. The van der Waals surface area contributed by atoms with Crippen molar-refractivity contribution in [3.05, 3.63) is 56.7 Å².